The van der Waals surface area contributed by atoms with Crippen LogP contribution in [-0.4, -0.2) is 34.0 Å². The van der Waals surface area contributed by atoms with Crippen LogP contribution in [0.25, 0.3) is 11.4 Å². The van der Waals surface area contributed by atoms with Gasteiger partial charge < -0.3 is 24.5 Å². The van der Waals surface area contributed by atoms with E-state index in [1.165, 1.54) is 0 Å². The van der Waals surface area contributed by atoms with Crippen molar-refractivity contribution < 1.29 is 19.0 Å². The first kappa shape index (κ1) is 22.3. The van der Waals surface area contributed by atoms with Crippen molar-refractivity contribution in [2.75, 3.05) is 6.79 Å². The second-order valence-corrected chi connectivity index (χ2v) is 7.78. The number of H-pyrrole nitrogens is 1. The molecule has 0 bridgehead atoms. The van der Waals surface area contributed by atoms with E-state index in [0.29, 0.717) is 35.2 Å². The Kier molecular flexibility index (Phi) is 6.87. The summed E-state index contributed by atoms with van der Waals surface area (Å²) < 4.78 is 16.4. The molecule has 1 aromatic heterocycles. The smallest absolute Gasteiger partial charge is 0.273 e. The molecule has 0 saturated heterocycles. The zero-order chi connectivity index (χ0) is 23.2. The Morgan fingerprint density at radius 2 is 2.03 bits per heavy atom. The third-order valence-electron chi connectivity index (χ3n) is 5.30. The van der Waals surface area contributed by atoms with Crippen LogP contribution >= 0.6 is 0 Å². The number of benzene rings is 2. The summed E-state index contributed by atoms with van der Waals surface area (Å²) in [5.74, 6) is 2.23. The highest BCUT2D eigenvalue weighted by molar-refractivity contribution is 5.76. The van der Waals surface area contributed by atoms with Crippen LogP contribution in [-0.2, 0) is 17.8 Å². The van der Waals surface area contributed by atoms with Crippen molar-refractivity contribution in [3.05, 3.63) is 64.1 Å². The molecule has 2 heterocycles. The van der Waals surface area contributed by atoms with Gasteiger partial charge in [0.05, 0.1) is 6.10 Å². The maximum Gasteiger partial charge on any atom is 0.273 e. The van der Waals surface area contributed by atoms with Crippen molar-refractivity contribution in [3.8, 4) is 28.6 Å². The Hall–Kier alpha value is -3.88. The number of fused-ring (bicyclic) bond motifs is 1. The van der Waals surface area contributed by atoms with Gasteiger partial charge in [-0.25, -0.2) is 0 Å². The molecule has 0 fully saturated rings. The van der Waals surface area contributed by atoms with Gasteiger partial charge >= 0.3 is 0 Å². The number of rotatable bonds is 9. The Balaban J connectivity index is 1.32. The SMILES string of the molecule is CC[C@@H](C)Oc1cccc(-c2nnc(CCC(=O)NCc3ccc4c(c3)OCO4)c(=O)[nH]2)c1. The highest BCUT2D eigenvalue weighted by atomic mass is 16.7. The lowest BCUT2D eigenvalue weighted by atomic mass is 10.2. The molecule has 0 radical (unpaired) electrons. The van der Waals surface area contributed by atoms with Crippen LogP contribution in [0, 0.1) is 0 Å². The normalized spacial score (nSPS) is 12.9. The number of nitrogens with zero attached hydrogens (tertiary/aromatic N) is 2. The molecule has 1 amide bonds. The molecule has 2 N–H and O–H groups in total. The van der Waals surface area contributed by atoms with Gasteiger partial charge in [0.15, 0.2) is 17.3 Å². The molecule has 172 valence electrons. The average molecular weight is 450 g/mol. The minimum atomic E-state index is -0.364. The lowest BCUT2D eigenvalue weighted by Gasteiger charge is -2.13. The van der Waals surface area contributed by atoms with E-state index in [4.69, 9.17) is 14.2 Å². The zero-order valence-corrected chi connectivity index (χ0v) is 18.6. The van der Waals surface area contributed by atoms with Gasteiger partial charge in [-0.05, 0) is 43.2 Å². The molecule has 0 saturated carbocycles. The fourth-order valence-corrected chi connectivity index (χ4v) is 3.26. The lowest BCUT2D eigenvalue weighted by molar-refractivity contribution is -0.121. The number of amides is 1. The Morgan fingerprint density at radius 3 is 2.85 bits per heavy atom. The largest absolute Gasteiger partial charge is 0.491 e. The highest BCUT2D eigenvalue weighted by Gasteiger charge is 2.14. The summed E-state index contributed by atoms with van der Waals surface area (Å²) in [6.07, 6.45) is 1.29. The van der Waals surface area contributed by atoms with Gasteiger partial charge in [0.1, 0.15) is 11.4 Å². The van der Waals surface area contributed by atoms with E-state index in [9.17, 15) is 9.59 Å². The predicted molar refractivity (Wildman–Crippen MR) is 121 cm³/mol. The van der Waals surface area contributed by atoms with Crippen LogP contribution in [0.4, 0.5) is 0 Å². The minimum absolute atomic E-state index is 0.0870. The molecule has 33 heavy (non-hydrogen) atoms. The highest BCUT2D eigenvalue weighted by Crippen LogP contribution is 2.32. The number of aryl methyl sites for hydroxylation is 1. The quantitative estimate of drug-likeness (QED) is 0.515. The summed E-state index contributed by atoms with van der Waals surface area (Å²) in [4.78, 5) is 27.5. The van der Waals surface area contributed by atoms with Crippen LogP contribution in [0.15, 0.2) is 47.3 Å². The van der Waals surface area contributed by atoms with E-state index in [0.717, 1.165) is 12.0 Å². The second kappa shape index (κ2) is 10.2. The van der Waals surface area contributed by atoms with E-state index < -0.39 is 0 Å². The summed E-state index contributed by atoms with van der Waals surface area (Å²) in [7, 11) is 0. The Labute approximate surface area is 191 Å². The van der Waals surface area contributed by atoms with Crippen molar-refractivity contribution in [3.63, 3.8) is 0 Å². The number of carbonyl (C=O) groups is 1. The van der Waals surface area contributed by atoms with E-state index >= 15 is 0 Å². The van der Waals surface area contributed by atoms with Crippen LogP contribution in [0.2, 0.25) is 0 Å². The van der Waals surface area contributed by atoms with Gasteiger partial charge in [0.2, 0.25) is 12.7 Å². The summed E-state index contributed by atoms with van der Waals surface area (Å²) >= 11 is 0. The first-order chi connectivity index (χ1) is 16.0. The minimum Gasteiger partial charge on any atom is -0.491 e. The molecular weight excluding hydrogens is 424 g/mol. The van der Waals surface area contributed by atoms with Crippen molar-refractivity contribution in [2.24, 2.45) is 0 Å². The number of hydrogen-bond donors (Lipinski definition) is 2. The van der Waals surface area contributed by atoms with Gasteiger partial charge in [-0.3, -0.25) is 9.59 Å². The van der Waals surface area contributed by atoms with Gasteiger partial charge in [-0.2, -0.15) is 0 Å². The number of aromatic nitrogens is 3. The summed E-state index contributed by atoms with van der Waals surface area (Å²) in [5.41, 5.74) is 1.45. The molecule has 0 spiro atoms. The van der Waals surface area contributed by atoms with Crippen LogP contribution in [0.3, 0.4) is 0 Å². The Morgan fingerprint density at radius 1 is 1.18 bits per heavy atom. The molecule has 0 unspecified atom stereocenters. The number of aromatic amines is 1. The summed E-state index contributed by atoms with van der Waals surface area (Å²) in [5, 5.41) is 11.0. The molecule has 4 rings (SSSR count). The molecular formula is C24H26N4O5. The zero-order valence-electron chi connectivity index (χ0n) is 18.6. The summed E-state index contributed by atoms with van der Waals surface area (Å²) in [6, 6.07) is 12.9. The fourth-order valence-electron chi connectivity index (χ4n) is 3.26. The van der Waals surface area contributed by atoms with Crippen LogP contribution in [0.5, 0.6) is 17.2 Å². The maximum atomic E-state index is 12.5. The van der Waals surface area contributed by atoms with E-state index in [-0.39, 0.29) is 42.9 Å². The fraction of sp³-hybridized carbons (Fsp3) is 0.333. The molecule has 9 nitrogen and oxygen atoms in total. The average Bonchev–Trinajstić information content (AvgIpc) is 3.30. The number of carbonyl (C=O) groups excluding carboxylic acids is 1. The molecule has 2 aromatic carbocycles. The molecule has 1 aliphatic rings. The van der Waals surface area contributed by atoms with E-state index in [1.807, 2.05) is 56.3 Å². The van der Waals surface area contributed by atoms with Crippen molar-refractivity contribution in [1.82, 2.24) is 20.5 Å². The standard InChI is InChI=1S/C24H26N4O5/c1-3-15(2)33-18-6-4-5-17(12-18)23-26-24(30)19(27-28-23)8-10-22(29)25-13-16-7-9-20-21(11-16)32-14-31-20/h4-7,9,11-12,15H,3,8,10,13-14H2,1-2H3,(H,25,29)(H,26,28,30)/t15-/m1/s1. The Bertz CT molecular complexity index is 1190. The van der Waals surface area contributed by atoms with E-state index in [2.05, 4.69) is 20.5 Å². The first-order valence-electron chi connectivity index (χ1n) is 10.9. The third kappa shape index (κ3) is 5.68. The number of hydrogen-bond acceptors (Lipinski definition) is 7. The molecule has 1 atom stereocenters. The van der Waals surface area contributed by atoms with Crippen LogP contribution in [0.1, 0.15) is 37.9 Å². The van der Waals surface area contributed by atoms with Crippen molar-refractivity contribution in [1.29, 1.82) is 0 Å². The van der Waals surface area contributed by atoms with Gasteiger partial charge in [0.25, 0.3) is 5.56 Å². The number of nitrogens with one attached hydrogen (secondary N) is 2. The second-order valence-electron chi connectivity index (χ2n) is 7.78. The van der Waals surface area contributed by atoms with Crippen LogP contribution < -0.4 is 25.1 Å². The molecule has 3 aromatic rings. The van der Waals surface area contributed by atoms with Crippen molar-refractivity contribution in [2.45, 2.75) is 45.8 Å². The molecule has 1 aliphatic heterocycles. The lowest BCUT2D eigenvalue weighted by Crippen LogP contribution is -2.25. The topological polar surface area (TPSA) is 115 Å². The summed E-state index contributed by atoms with van der Waals surface area (Å²) in [6.45, 7) is 4.60. The third-order valence-corrected chi connectivity index (χ3v) is 5.30. The molecule has 0 aliphatic carbocycles. The van der Waals surface area contributed by atoms with Gasteiger partial charge in [-0.15, -0.1) is 10.2 Å². The predicted octanol–water partition coefficient (Wildman–Crippen LogP) is 2.99. The van der Waals surface area contributed by atoms with E-state index in [1.54, 1.807) is 0 Å². The first-order valence-corrected chi connectivity index (χ1v) is 10.9. The maximum absolute atomic E-state index is 12.5. The van der Waals surface area contributed by atoms with Gasteiger partial charge in [-0.1, -0.05) is 25.1 Å². The number of ether oxygens (including phenoxy) is 3. The molecule has 9 heteroatoms. The van der Waals surface area contributed by atoms with Gasteiger partial charge in [0, 0.05) is 24.9 Å². The monoisotopic (exact) mass is 450 g/mol. The van der Waals surface area contributed by atoms with Crippen molar-refractivity contribution >= 4 is 5.91 Å².